The Morgan fingerprint density at radius 2 is 2.00 bits per heavy atom. The third kappa shape index (κ3) is 4.83. The lowest BCUT2D eigenvalue weighted by molar-refractivity contribution is -0.113. The number of benzene rings is 1. The zero-order valence-corrected chi connectivity index (χ0v) is 19.5. The summed E-state index contributed by atoms with van der Waals surface area (Å²) in [6.45, 7) is 1.07. The Bertz CT molecular complexity index is 1250. The number of ether oxygens (including phenoxy) is 1. The SMILES string of the molecule is O=C(CSc1nc2sc3c(c2c(=O)n1CC1CCCO1)CCCC3)Nc1cc(F)cc(F)c1. The molecular weight excluding hydrogens is 468 g/mol. The molecule has 1 amide bonds. The van der Waals surface area contributed by atoms with Crippen molar-refractivity contribution < 1.29 is 18.3 Å². The van der Waals surface area contributed by atoms with Gasteiger partial charge in [0.15, 0.2) is 5.16 Å². The van der Waals surface area contributed by atoms with Gasteiger partial charge in [0.2, 0.25) is 5.91 Å². The highest BCUT2D eigenvalue weighted by molar-refractivity contribution is 7.99. The second kappa shape index (κ2) is 9.52. The maximum atomic E-state index is 13.6. The highest BCUT2D eigenvalue weighted by Gasteiger charge is 2.25. The van der Waals surface area contributed by atoms with E-state index >= 15 is 0 Å². The second-order valence-electron chi connectivity index (χ2n) is 8.33. The topological polar surface area (TPSA) is 73.2 Å². The van der Waals surface area contributed by atoms with Crippen LogP contribution in [0.2, 0.25) is 0 Å². The van der Waals surface area contributed by atoms with E-state index in [0.717, 1.165) is 74.0 Å². The molecule has 33 heavy (non-hydrogen) atoms. The molecule has 1 fully saturated rings. The summed E-state index contributed by atoms with van der Waals surface area (Å²) in [5, 5.41) is 3.67. The van der Waals surface area contributed by atoms with E-state index in [-0.39, 0.29) is 23.1 Å². The zero-order valence-electron chi connectivity index (χ0n) is 17.9. The number of anilines is 1. The predicted octanol–water partition coefficient (Wildman–Crippen LogP) is 4.52. The Labute approximate surface area is 197 Å². The van der Waals surface area contributed by atoms with Gasteiger partial charge in [-0.15, -0.1) is 11.3 Å². The summed E-state index contributed by atoms with van der Waals surface area (Å²) < 4.78 is 34.2. The molecule has 2 aromatic heterocycles. The third-order valence-corrected chi connectivity index (χ3v) is 8.09. The van der Waals surface area contributed by atoms with Crippen molar-refractivity contribution in [3.63, 3.8) is 0 Å². The van der Waals surface area contributed by atoms with E-state index in [9.17, 15) is 18.4 Å². The molecule has 2 aliphatic rings. The predicted molar refractivity (Wildman–Crippen MR) is 125 cm³/mol. The summed E-state index contributed by atoms with van der Waals surface area (Å²) in [4.78, 5) is 32.7. The molecule has 1 unspecified atom stereocenters. The molecule has 10 heteroatoms. The number of thiophene rings is 1. The maximum Gasteiger partial charge on any atom is 0.263 e. The molecule has 1 aliphatic carbocycles. The number of hydrogen-bond donors (Lipinski definition) is 1. The fraction of sp³-hybridized carbons (Fsp3) is 0.435. The van der Waals surface area contributed by atoms with E-state index in [1.807, 2.05) is 0 Å². The number of hydrogen-bond acceptors (Lipinski definition) is 6. The van der Waals surface area contributed by atoms with E-state index in [1.165, 1.54) is 4.88 Å². The van der Waals surface area contributed by atoms with Crippen LogP contribution in [0.3, 0.4) is 0 Å². The average molecular weight is 492 g/mol. The van der Waals surface area contributed by atoms with Crippen LogP contribution in [0.25, 0.3) is 10.2 Å². The molecule has 1 aromatic carbocycles. The highest BCUT2D eigenvalue weighted by atomic mass is 32.2. The van der Waals surface area contributed by atoms with Crippen molar-refractivity contribution in [1.82, 2.24) is 9.55 Å². The van der Waals surface area contributed by atoms with Crippen LogP contribution in [-0.2, 0) is 28.9 Å². The van der Waals surface area contributed by atoms with Gasteiger partial charge in [-0.2, -0.15) is 0 Å². The van der Waals surface area contributed by atoms with E-state index < -0.39 is 17.5 Å². The van der Waals surface area contributed by atoms with Crippen molar-refractivity contribution in [2.75, 3.05) is 17.7 Å². The lowest BCUT2D eigenvalue weighted by Crippen LogP contribution is -2.29. The number of thioether (sulfide) groups is 1. The summed E-state index contributed by atoms with van der Waals surface area (Å²) in [5.41, 5.74) is 1.09. The first-order valence-electron chi connectivity index (χ1n) is 11.0. The Kier molecular flexibility index (Phi) is 6.49. The minimum atomic E-state index is -0.767. The highest BCUT2D eigenvalue weighted by Crippen LogP contribution is 2.35. The minimum absolute atomic E-state index is 0.0455. The van der Waals surface area contributed by atoms with Crippen LogP contribution in [0.15, 0.2) is 28.2 Å². The first-order valence-corrected chi connectivity index (χ1v) is 12.8. The van der Waals surface area contributed by atoms with Crippen LogP contribution in [0.4, 0.5) is 14.5 Å². The molecule has 174 valence electrons. The fourth-order valence-electron chi connectivity index (χ4n) is 4.44. The Balaban J connectivity index is 1.43. The van der Waals surface area contributed by atoms with Gasteiger partial charge >= 0.3 is 0 Å². The van der Waals surface area contributed by atoms with Gasteiger partial charge in [0.05, 0.1) is 23.8 Å². The van der Waals surface area contributed by atoms with Crippen LogP contribution in [0.1, 0.15) is 36.1 Å². The van der Waals surface area contributed by atoms with Crippen molar-refractivity contribution in [2.24, 2.45) is 0 Å². The lowest BCUT2D eigenvalue weighted by atomic mass is 9.97. The first-order chi connectivity index (χ1) is 16.0. The van der Waals surface area contributed by atoms with E-state index in [1.54, 1.807) is 15.9 Å². The number of nitrogens with zero attached hydrogens (tertiary/aromatic N) is 2. The summed E-state index contributed by atoms with van der Waals surface area (Å²) in [5.74, 6) is -2.02. The smallest absolute Gasteiger partial charge is 0.263 e. The first kappa shape index (κ1) is 22.5. The number of nitrogens with one attached hydrogen (secondary N) is 1. The standard InChI is InChI=1S/C23H23F2N3O3S2/c24-13-8-14(25)10-15(9-13)26-19(29)12-32-23-27-21-20(17-5-1-2-6-18(17)33-21)22(30)28(23)11-16-4-3-7-31-16/h8-10,16H,1-7,11-12H2,(H,26,29). The molecule has 0 spiro atoms. The number of aryl methyl sites for hydroxylation is 2. The zero-order chi connectivity index (χ0) is 22.9. The molecule has 5 rings (SSSR count). The van der Waals surface area contributed by atoms with Gasteiger partial charge in [0.25, 0.3) is 5.56 Å². The van der Waals surface area contributed by atoms with Crippen molar-refractivity contribution in [2.45, 2.75) is 56.3 Å². The molecule has 1 N–H and O–H groups in total. The Hall–Kier alpha value is -2.30. The molecule has 0 saturated carbocycles. The largest absolute Gasteiger partial charge is 0.376 e. The Morgan fingerprint density at radius 1 is 1.21 bits per heavy atom. The van der Waals surface area contributed by atoms with Crippen molar-refractivity contribution in [3.8, 4) is 0 Å². The van der Waals surface area contributed by atoms with Gasteiger partial charge < -0.3 is 10.1 Å². The number of carbonyl (C=O) groups excluding carboxylic acids is 1. The summed E-state index contributed by atoms with van der Waals surface area (Å²) in [7, 11) is 0. The van der Waals surface area contributed by atoms with Crippen molar-refractivity contribution in [3.05, 3.63) is 50.6 Å². The van der Waals surface area contributed by atoms with E-state index in [2.05, 4.69) is 5.32 Å². The van der Waals surface area contributed by atoms with Gasteiger partial charge in [0.1, 0.15) is 16.5 Å². The molecule has 3 heterocycles. The maximum absolute atomic E-state index is 13.6. The number of halogens is 2. The second-order valence-corrected chi connectivity index (χ2v) is 10.4. The summed E-state index contributed by atoms with van der Waals surface area (Å²) in [6.07, 6.45) is 5.83. The van der Waals surface area contributed by atoms with Gasteiger partial charge in [0, 0.05) is 23.2 Å². The number of aromatic nitrogens is 2. The third-order valence-electron chi connectivity index (χ3n) is 5.93. The monoisotopic (exact) mass is 491 g/mol. The lowest BCUT2D eigenvalue weighted by Gasteiger charge is -2.16. The molecule has 0 radical (unpaired) electrons. The van der Waals surface area contributed by atoms with Crippen LogP contribution in [0.5, 0.6) is 0 Å². The fourth-order valence-corrected chi connectivity index (χ4v) is 6.55. The molecule has 1 atom stereocenters. The van der Waals surface area contributed by atoms with E-state index in [4.69, 9.17) is 9.72 Å². The minimum Gasteiger partial charge on any atom is -0.376 e. The van der Waals surface area contributed by atoms with Crippen LogP contribution in [-0.4, -0.2) is 33.9 Å². The quantitative estimate of drug-likeness (QED) is 0.405. The van der Waals surface area contributed by atoms with Crippen molar-refractivity contribution >= 4 is 44.9 Å². The molecule has 6 nitrogen and oxygen atoms in total. The van der Waals surface area contributed by atoms with Crippen LogP contribution < -0.4 is 10.9 Å². The van der Waals surface area contributed by atoms with Crippen molar-refractivity contribution in [1.29, 1.82) is 0 Å². The number of carbonyl (C=O) groups is 1. The molecule has 3 aromatic rings. The summed E-state index contributed by atoms with van der Waals surface area (Å²) in [6, 6.07) is 2.85. The average Bonchev–Trinajstić information content (AvgIpc) is 3.41. The molecular formula is C23H23F2N3O3S2. The van der Waals surface area contributed by atoms with Crippen LogP contribution in [0, 0.1) is 11.6 Å². The number of amides is 1. The van der Waals surface area contributed by atoms with Gasteiger partial charge in [-0.25, -0.2) is 13.8 Å². The van der Waals surface area contributed by atoms with Gasteiger partial charge in [-0.05, 0) is 56.2 Å². The summed E-state index contributed by atoms with van der Waals surface area (Å²) >= 11 is 2.71. The normalized spacial score (nSPS) is 17.9. The number of fused-ring (bicyclic) bond motifs is 3. The molecule has 1 aliphatic heterocycles. The van der Waals surface area contributed by atoms with E-state index in [0.29, 0.717) is 28.5 Å². The Morgan fingerprint density at radius 3 is 2.76 bits per heavy atom. The molecule has 1 saturated heterocycles. The van der Waals surface area contributed by atoms with Crippen LogP contribution >= 0.6 is 23.1 Å². The molecule has 0 bridgehead atoms. The number of rotatable bonds is 6. The van der Waals surface area contributed by atoms with Gasteiger partial charge in [-0.3, -0.25) is 14.2 Å². The van der Waals surface area contributed by atoms with Gasteiger partial charge in [-0.1, -0.05) is 11.8 Å².